The standard InChI is InChI=1S/C14H10ClFN2O.C2H6/c1-9-4-13(15)18-14(5-9)19-8-11-3-2-10(7-17)6-12(11)16;1-2/h2-6H,8H2,1H3;1-2H3. The highest BCUT2D eigenvalue weighted by Crippen LogP contribution is 2.18. The van der Waals surface area contributed by atoms with E-state index in [1.165, 1.54) is 12.1 Å². The van der Waals surface area contributed by atoms with E-state index < -0.39 is 5.82 Å². The van der Waals surface area contributed by atoms with Gasteiger partial charge in [0.15, 0.2) is 0 Å². The van der Waals surface area contributed by atoms with Crippen molar-refractivity contribution in [2.75, 3.05) is 0 Å². The van der Waals surface area contributed by atoms with Gasteiger partial charge in [0.1, 0.15) is 17.6 Å². The van der Waals surface area contributed by atoms with Gasteiger partial charge in [-0.15, -0.1) is 0 Å². The number of nitriles is 1. The van der Waals surface area contributed by atoms with E-state index in [0.29, 0.717) is 16.6 Å². The fourth-order valence-electron chi connectivity index (χ4n) is 1.55. The predicted molar refractivity (Wildman–Crippen MR) is 80.8 cm³/mol. The van der Waals surface area contributed by atoms with Gasteiger partial charge in [-0.1, -0.05) is 31.5 Å². The largest absolute Gasteiger partial charge is 0.473 e. The van der Waals surface area contributed by atoms with Crippen LogP contribution in [0, 0.1) is 24.1 Å². The molecule has 5 heteroatoms. The minimum absolute atomic E-state index is 0.0321. The van der Waals surface area contributed by atoms with Crippen LogP contribution in [0.3, 0.4) is 0 Å². The summed E-state index contributed by atoms with van der Waals surface area (Å²) in [5.41, 5.74) is 1.55. The molecule has 0 amide bonds. The first-order valence-electron chi connectivity index (χ1n) is 6.54. The van der Waals surface area contributed by atoms with Crippen LogP contribution in [0.4, 0.5) is 4.39 Å². The van der Waals surface area contributed by atoms with Crippen molar-refractivity contribution in [3.63, 3.8) is 0 Å². The lowest BCUT2D eigenvalue weighted by Gasteiger charge is -2.07. The van der Waals surface area contributed by atoms with E-state index in [4.69, 9.17) is 21.6 Å². The summed E-state index contributed by atoms with van der Waals surface area (Å²) in [5, 5.41) is 8.98. The van der Waals surface area contributed by atoms with Crippen molar-refractivity contribution in [2.24, 2.45) is 0 Å². The molecule has 3 nitrogen and oxygen atoms in total. The minimum Gasteiger partial charge on any atom is -0.473 e. The van der Waals surface area contributed by atoms with Crippen LogP contribution in [0.15, 0.2) is 30.3 Å². The van der Waals surface area contributed by atoms with Gasteiger partial charge in [-0.2, -0.15) is 5.26 Å². The number of aromatic nitrogens is 1. The summed E-state index contributed by atoms with van der Waals surface area (Å²) in [7, 11) is 0. The molecule has 0 aliphatic carbocycles. The second-order valence-corrected chi connectivity index (χ2v) is 4.40. The Bertz CT molecular complexity index is 633. The van der Waals surface area contributed by atoms with Gasteiger partial charge < -0.3 is 4.74 Å². The first-order valence-corrected chi connectivity index (χ1v) is 6.92. The zero-order chi connectivity index (χ0) is 15.8. The number of benzene rings is 1. The summed E-state index contributed by atoms with van der Waals surface area (Å²) in [6.07, 6.45) is 0. The molecular formula is C16H16ClFN2O. The summed E-state index contributed by atoms with van der Waals surface area (Å²) >= 11 is 5.80. The van der Waals surface area contributed by atoms with E-state index in [2.05, 4.69) is 4.98 Å². The molecule has 0 N–H and O–H groups in total. The molecule has 1 heterocycles. The van der Waals surface area contributed by atoms with Crippen molar-refractivity contribution < 1.29 is 9.13 Å². The predicted octanol–water partition coefficient (Wildman–Crippen LogP) is 4.66. The smallest absolute Gasteiger partial charge is 0.215 e. The maximum atomic E-state index is 13.6. The quantitative estimate of drug-likeness (QED) is 0.775. The number of hydrogen-bond donors (Lipinski definition) is 0. The zero-order valence-electron chi connectivity index (χ0n) is 12.2. The molecule has 0 aliphatic rings. The van der Waals surface area contributed by atoms with Crippen molar-refractivity contribution in [2.45, 2.75) is 27.4 Å². The lowest BCUT2D eigenvalue weighted by molar-refractivity contribution is 0.288. The van der Waals surface area contributed by atoms with Gasteiger partial charge in [0.2, 0.25) is 5.88 Å². The Morgan fingerprint density at radius 3 is 2.57 bits per heavy atom. The van der Waals surface area contributed by atoms with Crippen LogP contribution >= 0.6 is 11.6 Å². The third-order valence-corrected chi connectivity index (χ3v) is 2.67. The van der Waals surface area contributed by atoms with Crippen LogP contribution < -0.4 is 4.74 Å². The van der Waals surface area contributed by atoms with Crippen LogP contribution in [0.25, 0.3) is 0 Å². The molecule has 0 atom stereocenters. The van der Waals surface area contributed by atoms with Gasteiger partial charge in [-0.05, 0) is 30.7 Å². The lowest BCUT2D eigenvalue weighted by atomic mass is 10.1. The normalized spacial score (nSPS) is 9.33. The summed E-state index contributed by atoms with van der Waals surface area (Å²) in [5.74, 6) is -0.133. The molecule has 0 aliphatic heterocycles. The average molecular weight is 307 g/mol. The van der Waals surface area contributed by atoms with E-state index in [-0.39, 0.29) is 12.2 Å². The highest BCUT2D eigenvalue weighted by atomic mass is 35.5. The number of hydrogen-bond acceptors (Lipinski definition) is 3. The van der Waals surface area contributed by atoms with Gasteiger partial charge >= 0.3 is 0 Å². The zero-order valence-corrected chi connectivity index (χ0v) is 12.9. The number of rotatable bonds is 3. The van der Waals surface area contributed by atoms with Crippen LogP contribution in [-0.4, -0.2) is 4.98 Å². The maximum Gasteiger partial charge on any atom is 0.215 e. The van der Waals surface area contributed by atoms with Crippen LogP contribution in [-0.2, 0) is 6.61 Å². The van der Waals surface area contributed by atoms with Crippen molar-refractivity contribution in [1.29, 1.82) is 5.26 Å². The second-order valence-electron chi connectivity index (χ2n) is 4.01. The highest BCUT2D eigenvalue weighted by Gasteiger charge is 2.06. The molecule has 0 saturated heterocycles. The Hall–Kier alpha value is -2.12. The summed E-state index contributed by atoms with van der Waals surface area (Å²) in [4.78, 5) is 3.98. The van der Waals surface area contributed by atoms with Crippen LogP contribution in [0.5, 0.6) is 5.88 Å². The number of ether oxygens (including phenoxy) is 1. The minimum atomic E-state index is -0.474. The molecule has 0 saturated carbocycles. The van der Waals surface area contributed by atoms with E-state index in [1.807, 2.05) is 26.8 Å². The third kappa shape index (κ3) is 5.05. The Kier molecular flexibility index (Phi) is 6.64. The van der Waals surface area contributed by atoms with Gasteiger partial charge in [0.25, 0.3) is 0 Å². The summed E-state index contributed by atoms with van der Waals surface area (Å²) in [6.45, 7) is 5.90. The number of aryl methyl sites for hydroxylation is 1. The molecule has 0 fully saturated rings. The highest BCUT2D eigenvalue weighted by molar-refractivity contribution is 6.29. The van der Waals surface area contributed by atoms with Crippen molar-refractivity contribution >= 4 is 11.6 Å². The monoisotopic (exact) mass is 306 g/mol. The molecule has 1 aromatic carbocycles. The second kappa shape index (κ2) is 8.23. The fourth-order valence-corrected chi connectivity index (χ4v) is 1.81. The summed E-state index contributed by atoms with van der Waals surface area (Å²) in [6, 6.07) is 9.53. The first-order chi connectivity index (χ1) is 10.1. The topological polar surface area (TPSA) is 45.9 Å². The Labute approximate surface area is 129 Å². The van der Waals surface area contributed by atoms with Gasteiger partial charge in [0.05, 0.1) is 11.6 Å². The fraction of sp³-hybridized carbons (Fsp3) is 0.250. The molecule has 2 aromatic rings. The number of halogens is 2. The molecule has 0 spiro atoms. The number of nitrogens with zero attached hydrogens (tertiary/aromatic N) is 2. The molecular weight excluding hydrogens is 291 g/mol. The van der Waals surface area contributed by atoms with Gasteiger partial charge in [-0.3, -0.25) is 0 Å². The van der Waals surface area contributed by atoms with E-state index >= 15 is 0 Å². The Morgan fingerprint density at radius 1 is 1.29 bits per heavy atom. The molecule has 0 bridgehead atoms. The van der Waals surface area contributed by atoms with Gasteiger partial charge in [-0.25, -0.2) is 9.37 Å². The average Bonchev–Trinajstić information content (AvgIpc) is 2.47. The lowest BCUT2D eigenvalue weighted by Crippen LogP contribution is -2.00. The third-order valence-electron chi connectivity index (χ3n) is 2.47. The van der Waals surface area contributed by atoms with Crippen LogP contribution in [0.1, 0.15) is 30.5 Å². The Balaban J connectivity index is 0.00000106. The van der Waals surface area contributed by atoms with Crippen molar-refractivity contribution in [3.05, 3.63) is 58.0 Å². The van der Waals surface area contributed by atoms with E-state index in [1.54, 1.807) is 18.2 Å². The summed E-state index contributed by atoms with van der Waals surface area (Å²) < 4.78 is 19.0. The number of pyridine rings is 1. The van der Waals surface area contributed by atoms with Crippen LogP contribution in [0.2, 0.25) is 5.15 Å². The van der Waals surface area contributed by atoms with E-state index in [9.17, 15) is 4.39 Å². The molecule has 110 valence electrons. The van der Waals surface area contributed by atoms with Crippen molar-refractivity contribution in [3.8, 4) is 11.9 Å². The molecule has 21 heavy (non-hydrogen) atoms. The first kappa shape index (κ1) is 16.9. The van der Waals surface area contributed by atoms with Gasteiger partial charge in [0, 0.05) is 11.6 Å². The Morgan fingerprint density at radius 2 is 2.00 bits per heavy atom. The SMILES string of the molecule is CC.Cc1cc(Cl)nc(OCc2ccc(C#N)cc2F)c1. The molecule has 1 aromatic heterocycles. The molecule has 2 rings (SSSR count). The van der Waals surface area contributed by atoms with Crippen molar-refractivity contribution in [1.82, 2.24) is 4.98 Å². The van der Waals surface area contributed by atoms with E-state index in [0.717, 1.165) is 5.56 Å². The molecule has 0 unspecified atom stereocenters. The molecule has 0 radical (unpaired) electrons. The maximum absolute atomic E-state index is 13.6.